The first-order valence-electron chi connectivity index (χ1n) is 43.3. The minimum Gasteiger partial charge on any atom is -0.358 e. The Morgan fingerprint density at radius 1 is 0.301 bits per heavy atom. The summed E-state index contributed by atoms with van der Waals surface area (Å²) >= 11 is -0.750. The minimum atomic E-state index is -3.91. The number of piperidine rings is 4. The second-order valence-corrected chi connectivity index (χ2v) is 51.4. The number of nitrogens with zero attached hydrogens (tertiary/aromatic N) is 10. The van der Waals surface area contributed by atoms with E-state index in [1.54, 1.807) is 48.5 Å². The van der Waals surface area contributed by atoms with Gasteiger partial charge in [0.1, 0.15) is 22.9 Å². The van der Waals surface area contributed by atoms with Crippen LogP contribution >= 0.6 is 0 Å². The Morgan fingerprint density at radius 2 is 0.485 bits per heavy atom. The van der Waals surface area contributed by atoms with E-state index in [2.05, 4.69) is 37.4 Å². The molecule has 0 saturated carbocycles. The number of sulfone groups is 1. The fraction of sp³-hybridized carbons (Fsp3) is 0.422. The van der Waals surface area contributed by atoms with E-state index >= 15 is 0 Å². The molecule has 0 atom stereocenters. The van der Waals surface area contributed by atoms with Crippen molar-refractivity contribution < 1.29 is 113 Å². The molecule has 0 aromatic heterocycles. The summed E-state index contributed by atoms with van der Waals surface area (Å²) in [5, 5.41) is 0. The molecule has 46 heteroatoms. The topological polar surface area (TPSA) is 447 Å². The molecule has 0 aliphatic carbocycles. The highest BCUT2D eigenvalue weighted by Crippen LogP contribution is 2.46. The molecule has 136 heavy (non-hydrogen) atoms. The molecule has 8 fully saturated rings. The maximum atomic E-state index is 13.5. The van der Waals surface area contributed by atoms with Crippen LogP contribution in [0.1, 0.15) is 142 Å². The SMILES string of the molecule is CC(=O)c1ccc(S(=O)(=O)N2CCC3(CC2)OCCN3S(=O)(=O)c2ccc(C(C)=O)cc2)cc1.CC(C)c1ccc(S(=O)(=O)N2CCC3(CC2)OCCN3S(=O)(=O)c2ccc(C(C)C)cc2)cc1.Cc1ccc(S(=O)(=O)N2CCOC23CCN(S(=O)(=O)c2ccc(S(C)(=O)=O)cc2)CC3)cc1.O=S=O.[C-]#[N+]c1ccc(S(=O)(=O)N2CCC3(CC2)OCCN3S(=O)(=O)c2ccc([N+]#[C-])cc2)cc1. The van der Waals surface area contributed by atoms with Crippen LogP contribution in [0.25, 0.3) is 9.69 Å². The number of rotatable bonds is 21. The molecule has 8 heterocycles. The molecule has 8 aliphatic heterocycles. The predicted octanol–water partition coefficient (Wildman–Crippen LogP) is 10.3. The molecule has 732 valence electrons. The highest BCUT2D eigenvalue weighted by atomic mass is 32.2. The van der Waals surface area contributed by atoms with E-state index < -0.39 is 124 Å². The zero-order chi connectivity index (χ0) is 99.2. The third kappa shape index (κ3) is 22.4. The number of ketones is 2. The van der Waals surface area contributed by atoms with Gasteiger partial charge in [-0.15, -0.1) is 0 Å². The van der Waals surface area contributed by atoms with Gasteiger partial charge in [-0.3, -0.25) is 9.59 Å². The van der Waals surface area contributed by atoms with E-state index in [1.165, 1.54) is 170 Å². The van der Waals surface area contributed by atoms with Crippen LogP contribution in [0.2, 0.25) is 0 Å². The van der Waals surface area contributed by atoms with Crippen LogP contribution in [0.4, 0.5) is 11.4 Å². The fourth-order valence-electron chi connectivity index (χ4n) is 17.4. The van der Waals surface area contributed by atoms with E-state index in [0.29, 0.717) is 53.8 Å². The maximum Gasteiger partial charge on any atom is 0.335 e. The molecular weight excluding hydrogens is 1960 g/mol. The number of carbonyl (C=O) groups excluding carboxylic acids is 2. The van der Waals surface area contributed by atoms with Crippen molar-refractivity contribution in [1.29, 1.82) is 0 Å². The molecule has 8 aliphatic rings. The van der Waals surface area contributed by atoms with Crippen molar-refractivity contribution >= 4 is 125 Å². The van der Waals surface area contributed by atoms with E-state index in [4.69, 9.17) is 40.5 Å². The van der Waals surface area contributed by atoms with Crippen LogP contribution in [0.3, 0.4) is 0 Å². The van der Waals surface area contributed by atoms with Crippen LogP contribution in [-0.4, -0.2) is 264 Å². The van der Waals surface area contributed by atoms with Crippen LogP contribution in [-0.2, 0) is 121 Å². The minimum absolute atomic E-state index is 0.0117. The largest absolute Gasteiger partial charge is 0.358 e. The number of hydrogen-bond donors (Lipinski definition) is 0. The van der Waals surface area contributed by atoms with Crippen LogP contribution in [0.15, 0.2) is 238 Å². The van der Waals surface area contributed by atoms with Crippen LogP contribution < -0.4 is 0 Å². The molecule has 0 bridgehead atoms. The summed E-state index contributed by atoms with van der Waals surface area (Å²) < 4.78 is 286. The Bertz CT molecular complexity index is 6950. The van der Waals surface area contributed by atoms with Crippen LogP contribution in [0.5, 0.6) is 0 Å². The lowest BCUT2D eigenvalue weighted by molar-refractivity contribution is -0.0810. The molecule has 0 unspecified atom stereocenters. The molecule has 36 nitrogen and oxygen atoms in total. The second kappa shape index (κ2) is 42.2. The Morgan fingerprint density at radius 3 is 0.684 bits per heavy atom. The standard InChI is InChI=1S/C25H34N2O5S2.C23H26N2O7S2.C21H20N4O5S2.C21H26N2O7S3.O2S/c1-19(2)21-5-9-23(10-6-21)33(28,29)26-15-13-25(14-16-26)27(17-18-32-25)34(30,31)24-11-7-22(8-12-24)20(3)4;1-17(26)19-3-7-21(8-4-19)33(28,29)24-13-11-23(12-14-24)25(15-16-32-23)34(30,31)22-9-5-20(6-10-22)18(2)27;1-22-17-3-7-19(8-4-17)31(26,27)24-13-11-21(12-14-24)25(15-16-30-21)32(28,29)20-9-5-18(23-2)6-10-20;1-17-3-5-20(6-4-17)33(28,29)23-15-16-30-21(23)11-13-22(14-12-21)32(26,27)19-9-7-18(8-10-19)31(2,24)25;1-3-2/h5-12,19-20H,13-18H2,1-4H3;3-10H,11-16H2,1-2H3;3-10H,11-16H2;3-10H,11-16H2,1-2H3;. The molecule has 0 radical (unpaired) electrons. The Balaban J connectivity index is 0.000000161. The van der Waals surface area contributed by atoms with Gasteiger partial charge in [0.25, 0.3) is 0 Å². The number of hydrogen-bond acceptors (Lipinski definition) is 26. The van der Waals surface area contributed by atoms with Gasteiger partial charge in [-0.1, -0.05) is 142 Å². The van der Waals surface area contributed by atoms with Gasteiger partial charge in [-0.05, 0) is 129 Å². The summed E-state index contributed by atoms with van der Waals surface area (Å²) in [5.41, 5.74) is 0.326. The van der Waals surface area contributed by atoms with Gasteiger partial charge in [0, 0.05) is 147 Å². The van der Waals surface area contributed by atoms with E-state index in [9.17, 15) is 85.3 Å². The van der Waals surface area contributed by atoms with Gasteiger partial charge in [0.15, 0.2) is 32.8 Å². The third-order valence-electron chi connectivity index (χ3n) is 25.2. The zero-order valence-electron chi connectivity index (χ0n) is 75.8. The molecule has 8 aromatic rings. The normalized spacial score (nSPS) is 19.4. The van der Waals surface area contributed by atoms with Gasteiger partial charge >= 0.3 is 11.6 Å². The predicted molar refractivity (Wildman–Crippen MR) is 501 cm³/mol. The first-order chi connectivity index (χ1) is 63.9. The number of aryl methyl sites for hydroxylation is 1. The van der Waals surface area contributed by atoms with E-state index in [-0.39, 0.29) is 193 Å². The number of ether oxygens (including phenoxy) is 4. The highest BCUT2D eigenvalue weighted by molar-refractivity contribution is 7.92. The van der Waals surface area contributed by atoms with Crippen LogP contribution in [0, 0.1) is 20.1 Å². The van der Waals surface area contributed by atoms with Crippen molar-refractivity contribution in [3.63, 3.8) is 0 Å². The second-order valence-electron chi connectivity index (χ2n) is 34.0. The third-order valence-corrected chi connectivity index (χ3v) is 41.8. The average molecular weight is 2060 g/mol. The van der Waals surface area contributed by atoms with Gasteiger partial charge in [-0.2, -0.15) is 42.9 Å². The van der Waals surface area contributed by atoms with Crippen molar-refractivity contribution in [2.24, 2.45) is 0 Å². The fourth-order valence-corrected chi connectivity index (χ4v) is 30.7. The summed E-state index contributed by atoms with van der Waals surface area (Å²) in [6.07, 6.45) is 2.79. The van der Waals surface area contributed by atoms with Crippen molar-refractivity contribution in [3.05, 3.63) is 245 Å². The van der Waals surface area contributed by atoms with E-state index in [0.717, 1.165) is 22.9 Å². The number of Topliss-reactive ketones (excluding diaryl/α,β-unsaturated/α-hetero) is 2. The van der Waals surface area contributed by atoms with Gasteiger partial charge in [0.2, 0.25) is 80.2 Å². The van der Waals surface area contributed by atoms with Crippen molar-refractivity contribution in [2.75, 3.05) is 111 Å². The lowest BCUT2D eigenvalue weighted by Crippen LogP contribution is -2.55. The monoisotopic (exact) mass is 2060 g/mol. The Hall–Kier alpha value is -9.03. The Labute approximate surface area is 800 Å². The summed E-state index contributed by atoms with van der Waals surface area (Å²) in [4.78, 5) is 30.5. The Kier molecular flexibility index (Phi) is 32.8. The van der Waals surface area contributed by atoms with Gasteiger partial charge < -0.3 is 18.9 Å². The highest BCUT2D eigenvalue weighted by Gasteiger charge is 2.57. The maximum absolute atomic E-state index is 13.5. The molecular formula is C90H106N10O26S10. The lowest BCUT2D eigenvalue weighted by Gasteiger charge is -2.42. The molecule has 8 saturated heterocycles. The van der Waals surface area contributed by atoms with Crippen molar-refractivity contribution in [1.82, 2.24) is 34.4 Å². The summed E-state index contributed by atoms with van der Waals surface area (Å²) in [7, 11) is -33.9. The first kappa shape index (κ1) is 106. The zero-order valence-corrected chi connectivity index (χ0v) is 83.9. The molecule has 4 spiro atoms. The quantitative estimate of drug-likeness (QED) is 0.0476. The number of sulfonamides is 8. The molecule has 0 amide bonds. The molecule has 0 N–H and O–H groups in total. The van der Waals surface area contributed by atoms with Gasteiger partial charge in [-0.25, -0.2) is 85.5 Å². The first-order valence-corrected chi connectivity index (χ1v) is 57.4. The number of carbonyl (C=O) groups is 2. The smallest absolute Gasteiger partial charge is 0.335 e. The lowest BCUT2D eigenvalue weighted by atomic mass is 10.0. The number of benzene rings is 8. The van der Waals surface area contributed by atoms with E-state index in [1.807, 2.05) is 31.2 Å². The van der Waals surface area contributed by atoms with Gasteiger partial charge in [0.05, 0.1) is 83.6 Å². The average Bonchev–Trinajstić information content (AvgIpc) is 1.25. The molecule has 16 rings (SSSR count). The summed E-state index contributed by atoms with van der Waals surface area (Å²) in [5.74, 6) is 0.320. The van der Waals surface area contributed by atoms with Crippen molar-refractivity contribution in [2.45, 2.75) is 179 Å². The summed E-state index contributed by atoms with van der Waals surface area (Å²) in [6.45, 7) is 29.7. The van der Waals surface area contributed by atoms with Crippen molar-refractivity contribution in [3.8, 4) is 0 Å². The summed E-state index contributed by atoms with van der Waals surface area (Å²) in [6, 6.07) is 48.7. The molecule has 8 aromatic carbocycles.